The number of fused-ring (bicyclic) bond motifs is 4. The van der Waals surface area contributed by atoms with Crippen LogP contribution in [-0.4, -0.2) is 15.0 Å². The smallest absolute Gasteiger partial charge is 0.128 e. The zero-order chi connectivity index (χ0) is 38.1. The number of pyridine rings is 3. The second-order valence-electron chi connectivity index (χ2n) is 15.6. The number of aryl methyl sites for hydroxylation is 3. The third kappa shape index (κ3) is 8.11. The quantitative estimate of drug-likeness (QED) is 0.162. The van der Waals surface area contributed by atoms with Gasteiger partial charge < -0.3 is 14.4 Å². The average molecular weight is 906 g/mol. The summed E-state index contributed by atoms with van der Waals surface area (Å²) < 4.78 is 6.71. The van der Waals surface area contributed by atoms with Gasteiger partial charge in [0.15, 0.2) is 0 Å². The number of rotatable bonds is 5. The molecule has 1 radical (unpaired) electrons. The molecule has 56 heavy (non-hydrogen) atoms. The Morgan fingerprint density at radius 1 is 0.607 bits per heavy atom. The Morgan fingerprint density at radius 2 is 1.45 bits per heavy atom. The van der Waals surface area contributed by atoms with E-state index in [0.29, 0.717) is 5.41 Å². The van der Waals surface area contributed by atoms with Crippen LogP contribution in [0.2, 0.25) is 0 Å². The minimum Gasteiger partial charge on any atom is -0.500 e. The van der Waals surface area contributed by atoms with E-state index in [2.05, 4.69) is 155 Å². The van der Waals surface area contributed by atoms with Crippen LogP contribution in [0.1, 0.15) is 43.0 Å². The van der Waals surface area contributed by atoms with Crippen LogP contribution in [0.4, 0.5) is 0 Å². The van der Waals surface area contributed by atoms with E-state index in [-0.39, 0.29) is 20.1 Å². The van der Waals surface area contributed by atoms with E-state index >= 15 is 0 Å². The molecule has 279 valence electrons. The molecule has 0 bridgehead atoms. The number of hydrogen-bond acceptors (Lipinski definition) is 4. The predicted octanol–water partition coefficient (Wildman–Crippen LogP) is 13.4. The molecule has 4 heterocycles. The van der Waals surface area contributed by atoms with Gasteiger partial charge >= 0.3 is 0 Å². The molecule has 5 heteroatoms. The molecule has 0 atom stereocenters. The van der Waals surface area contributed by atoms with Crippen molar-refractivity contribution < 1.29 is 24.5 Å². The van der Waals surface area contributed by atoms with Crippen molar-refractivity contribution in [3.63, 3.8) is 0 Å². The molecule has 9 rings (SSSR count). The first-order valence-electron chi connectivity index (χ1n) is 18.8. The van der Waals surface area contributed by atoms with Gasteiger partial charge in [0.2, 0.25) is 0 Å². The molecular formula is C51H43IrN3O-2. The summed E-state index contributed by atoms with van der Waals surface area (Å²) in [6.07, 6.45) is 8.75. The SMILES string of the molecule is Cc1c[c-]c(-c2ccc(CC(C)(C)C)cn2)cc1.Cc1cc(-c2cccc3c(C)cncc23)c2oc3c(-c4cc(-c5ccccc5)ccn4)[c-]ccc3c2c1.[Ir]. The average Bonchev–Trinajstić information content (AvgIpc) is 3.57. The van der Waals surface area contributed by atoms with Crippen molar-refractivity contribution in [2.24, 2.45) is 5.41 Å². The van der Waals surface area contributed by atoms with Crippen molar-refractivity contribution in [1.82, 2.24) is 15.0 Å². The molecule has 0 aliphatic carbocycles. The normalized spacial score (nSPS) is 11.3. The van der Waals surface area contributed by atoms with E-state index in [1.165, 1.54) is 22.1 Å². The summed E-state index contributed by atoms with van der Waals surface area (Å²) in [5, 5.41) is 4.49. The third-order valence-corrected chi connectivity index (χ3v) is 9.90. The first kappa shape index (κ1) is 38.5. The van der Waals surface area contributed by atoms with Gasteiger partial charge in [0.05, 0.1) is 5.58 Å². The van der Waals surface area contributed by atoms with Gasteiger partial charge in [0.1, 0.15) is 5.58 Å². The second kappa shape index (κ2) is 16.2. The van der Waals surface area contributed by atoms with E-state index in [4.69, 9.17) is 9.40 Å². The van der Waals surface area contributed by atoms with Gasteiger partial charge in [-0.15, -0.1) is 53.6 Å². The van der Waals surface area contributed by atoms with E-state index in [1.807, 2.05) is 49.1 Å². The van der Waals surface area contributed by atoms with Crippen molar-refractivity contribution in [3.05, 3.63) is 174 Å². The van der Waals surface area contributed by atoms with Gasteiger partial charge in [-0.25, -0.2) is 0 Å². The van der Waals surface area contributed by atoms with Gasteiger partial charge in [0.25, 0.3) is 0 Å². The molecule has 0 saturated heterocycles. The van der Waals surface area contributed by atoms with Crippen LogP contribution in [0, 0.1) is 38.3 Å². The summed E-state index contributed by atoms with van der Waals surface area (Å²) >= 11 is 0. The monoisotopic (exact) mass is 906 g/mol. The molecule has 0 aliphatic heterocycles. The van der Waals surface area contributed by atoms with Gasteiger partial charge in [-0.05, 0) is 94.0 Å². The Morgan fingerprint density at radius 3 is 2.20 bits per heavy atom. The Labute approximate surface area is 343 Å². The summed E-state index contributed by atoms with van der Waals surface area (Å²) in [7, 11) is 0. The Hall–Kier alpha value is -5.74. The maximum Gasteiger partial charge on any atom is 0.128 e. The zero-order valence-corrected chi connectivity index (χ0v) is 35.0. The summed E-state index contributed by atoms with van der Waals surface area (Å²) in [6, 6.07) is 46.5. The van der Waals surface area contributed by atoms with Gasteiger partial charge in [0, 0.05) is 61.2 Å². The molecular weight excluding hydrogens is 863 g/mol. The molecule has 5 aromatic carbocycles. The van der Waals surface area contributed by atoms with Crippen molar-refractivity contribution in [1.29, 1.82) is 0 Å². The molecule has 0 aliphatic rings. The maximum absolute atomic E-state index is 6.71. The van der Waals surface area contributed by atoms with Crippen LogP contribution in [0.3, 0.4) is 0 Å². The Bertz CT molecular complexity index is 2780. The van der Waals surface area contributed by atoms with Crippen LogP contribution >= 0.6 is 0 Å². The number of benzene rings is 5. The van der Waals surface area contributed by atoms with Crippen LogP contribution in [0.25, 0.3) is 77.5 Å². The van der Waals surface area contributed by atoms with E-state index in [1.54, 1.807) is 0 Å². The molecule has 0 unspecified atom stereocenters. The summed E-state index contributed by atoms with van der Waals surface area (Å²) in [4.78, 5) is 13.7. The third-order valence-electron chi connectivity index (χ3n) is 9.90. The Balaban J connectivity index is 0.000000214. The number of hydrogen-bond donors (Lipinski definition) is 0. The van der Waals surface area contributed by atoms with Crippen LogP contribution < -0.4 is 0 Å². The standard InChI is InChI=1S/C34H23N2O.C17H20N.Ir/c1-21-16-29(26-11-6-10-25-22(2)19-35-20-31(25)26)34-30(17-21)27-12-7-13-28(33(27)37-34)32-18-24(14-15-36-32)23-8-4-3-5-9-23;1-13-5-8-15(9-6-13)16-10-7-14(12-18-16)11-17(2,3)4;/h3-12,14-20H,1-2H3;5-8,10,12H,11H2,1-4H3;/q2*-1;. The van der Waals surface area contributed by atoms with E-state index in [9.17, 15) is 0 Å². The van der Waals surface area contributed by atoms with Crippen molar-refractivity contribution in [2.75, 3.05) is 0 Å². The van der Waals surface area contributed by atoms with Gasteiger partial charge in [-0.2, -0.15) is 0 Å². The molecule has 0 amide bonds. The first-order valence-corrected chi connectivity index (χ1v) is 18.8. The van der Waals surface area contributed by atoms with Crippen LogP contribution in [0.5, 0.6) is 0 Å². The maximum atomic E-state index is 6.71. The topological polar surface area (TPSA) is 51.8 Å². The van der Waals surface area contributed by atoms with E-state index in [0.717, 1.165) is 84.1 Å². The first-order chi connectivity index (χ1) is 26.6. The summed E-state index contributed by atoms with van der Waals surface area (Å²) in [6.45, 7) is 13.0. The predicted molar refractivity (Wildman–Crippen MR) is 228 cm³/mol. The minimum absolute atomic E-state index is 0. The fourth-order valence-corrected chi connectivity index (χ4v) is 7.29. The molecule has 0 fully saturated rings. The van der Waals surface area contributed by atoms with Crippen LogP contribution in [0.15, 0.2) is 144 Å². The molecule has 0 spiro atoms. The van der Waals surface area contributed by atoms with Crippen molar-refractivity contribution >= 4 is 32.7 Å². The van der Waals surface area contributed by atoms with Crippen molar-refractivity contribution in [2.45, 2.75) is 48.0 Å². The molecule has 9 aromatic rings. The fourth-order valence-electron chi connectivity index (χ4n) is 7.29. The number of furan rings is 1. The second-order valence-corrected chi connectivity index (χ2v) is 15.6. The van der Waals surface area contributed by atoms with E-state index < -0.39 is 0 Å². The Kier molecular flexibility index (Phi) is 11.1. The van der Waals surface area contributed by atoms with Gasteiger partial charge in [-0.1, -0.05) is 105 Å². The summed E-state index contributed by atoms with van der Waals surface area (Å²) in [5.74, 6) is 0. The zero-order valence-electron chi connectivity index (χ0n) is 32.6. The molecule has 4 aromatic heterocycles. The molecule has 0 saturated carbocycles. The number of nitrogens with zero attached hydrogens (tertiary/aromatic N) is 3. The minimum atomic E-state index is 0. The molecule has 4 nitrogen and oxygen atoms in total. The van der Waals surface area contributed by atoms with Crippen LogP contribution in [-0.2, 0) is 26.5 Å². The molecule has 0 N–H and O–H groups in total. The van der Waals surface area contributed by atoms with Gasteiger partial charge in [-0.3, -0.25) is 4.98 Å². The van der Waals surface area contributed by atoms with Crippen molar-refractivity contribution in [3.8, 4) is 44.8 Å². The largest absolute Gasteiger partial charge is 0.500 e. The number of aromatic nitrogens is 3. The fraction of sp³-hybridized carbons (Fsp3) is 0.157. The summed E-state index contributed by atoms with van der Waals surface area (Å²) in [5.41, 5.74) is 15.1.